The Morgan fingerprint density at radius 2 is 1.81 bits per heavy atom. The van der Waals surface area contributed by atoms with Gasteiger partial charge in [0.2, 0.25) is 0 Å². The number of para-hydroxylation sites is 2. The molecule has 1 heterocycles. The van der Waals surface area contributed by atoms with Crippen LogP contribution < -0.4 is 9.64 Å². The van der Waals surface area contributed by atoms with E-state index in [0.717, 1.165) is 22.4 Å². The highest BCUT2D eigenvalue weighted by Crippen LogP contribution is 2.38. The maximum atomic E-state index is 13.1. The summed E-state index contributed by atoms with van der Waals surface area (Å²) >= 11 is 19.0. The molecule has 0 bridgehead atoms. The Labute approximate surface area is 200 Å². The molecule has 1 saturated heterocycles. The van der Waals surface area contributed by atoms with E-state index in [0.29, 0.717) is 25.0 Å². The summed E-state index contributed by atoms with van der Waals surface area (Å²) in [6.07, 6.45) is 1.82. The average Bonchev–Trinajstić information content (AvgIpc) is 3.02. The molecule has 0 spiro atoms. The van der Waals surface area contributed by atoms with Gasteiger partial charge in [0.1, 0.15) is 12.4 Å². The second-order valence-electron chi connectivity index (χ2n) is 6.87. The van der Waals surface area contributed by atoms with Crippen LogP contribution in [0.5, 0.6) is 5.75 Å². The molecule has 0 aromatic heterocycles. The van der Waals surface area contributed by atoms with Crippen molar-refractivity contribution in [3.05, 3.63) is 98.4 Å². The highest BCUT2D eigenvalue weighted by Gasteiger charge is 2.34. The first-order valence-electron chi connectivity index (χ1n) is 9.43. The number of amides is 1. The predicted molar refractivity (Wildman–Crippen MR) is 134 cm³/mol. The number of rotatable bonds is 5. The molecule has 7 heteroatoms. The SMILES string of the molecule is Cc1ccccc1N1C(=O)C(=Cc2ccccc2OCc2ccc(Cl)cc2Cl)SC1=S. The van der Waals surface area contributed by atoms with Crippen LogP contribution in [0.25, 0.3) is 6.08 Å². The normalized spacial score (nSPS) is 15.1. The molecule has 0 aliphatic carbocycles. The van der Waals surface area contributed by atoms with E-state index in [4.69, 9.17) is 40.2 Å². The minimum Gasteiger partial charge on any atom is -0.488 e. The Morgan fingerprint density at radius 3 is 2.58 bits per heavy atom. The molecule has 0 N–H and O–H groups in total. The lowest BCUT2D eigenvalue weighted by Crippen LogP contribution is -2.28. The van der Waals surface area contributed by atoms with Gasteiger partial charge in [-0.05, 0) is 42.8 Å². The van der Waals surface area contributed by atoms with Crippen molar-refractivity contribution in [3.8, 4) is 5.75 Å². The van der Waals surface area contributed by atoms with Crippen molar-refractivity contribution in [1.29, 1.82) is 0 Å². The fourth-order valence-corrected chi connectivity index (χ4v) is 4.90. The number of nitrogens with zero attached hydrogens (tertiary/aromatic N) is 1. The van der Waals surface area contributed by atoms with Crippen LogP contribution in [0.4, 0.5) is 5.69 Å². The molecule has 0 atom stereocenters. The van der Waals surface area contributed by atoms with Crippen LogP contribution >= 0.6 is 47.2 Å². The van der Waals surface area contributed by atoms with E-state index in [9.17, 15) is 4.79 Å². The summed E-state index contributed by atoms with van der Waals surface area (Å²) in [6.45, 7) is 2.24. The lowest BCUT2D eigenvalue weighted by atomic mass is 10.1. The molecule has 4 rings (SSSR count). The zero-order valence-corrected chi connectivity index (χ0v) is 19.6. The largest absolute Gasteiger partial charge is 0.488 e. The van der Waals surface area contributed by atoms with Gasteiger partial charge in [-0.25, -0.2) is 0 Å². The first kappa shape index (κ1) is 21.9. The fourth-order valence-electron chi connectivity index (χ4n) is 3.16. The zero-order chi connectivity index (χ0) is 22.0. The van der Waals surface area contributed by atoms with Gasteiger partial charge >= 0.3 is 0 Å². The number of ether oxygens (including phenoxy) is 1. The number of carbonyl (C=O) groups excluding carboxylic acids is 1. The predicted octanol–water partition coefficient (Wildman–Crippen LogP) is 7.29. The van der Waals surface area contributed by atoms with Crippen LogP contribution in [0.2, 0.25) is 10.0 Å². The van der Waals surface area contributed by atoms with Crippen molar-refractivity contribution in [3.63, 3.8) is 0 Å². The maximum absolute atomic E-state index is 13.1. The average molecular weight is 486 g/mol. The van der Waals surface area contributed by atoms with E-state index in [1.165, 1.54) is 11.8 Å². The number of hydrogen-bond acceptors (Lipinski definition) is 4. The number of thiocarbonyl (C=S) groups is 1. The Kier molecular flexibility index (Phi) is 6.68. The molecule has 3 aromatic carbocycles. The fraction of sp³-hybridized carbons (Fsp3) is 0.0833. The highest BCUT2D eigenvalue weighted by molar-refractivity contribution is 8.27. The minimum absolute atomic E-state index is 0.139. The van der Waals surface area contributed by atoms with Gasteiger partial charge in [-0.2, -0.15) is 0 Å². The van der Waals surface area contributed by atoms with Gasteiger partial charge in [0.05, 0.1) is 10.6 Å². The van der Waals surface area contributed by atoms with Crippen LogP contribution in [-0.4, -0.2) is 10.2 Å². The van der Waals surface area contributed by atoms with Gasteiger partial charge in [-0.3, -0.25) is 9.69 Å². The molecular weight excluding hydrogens is 469 g/mol. The summed E-state index contributed by atoms with van der Waals surface area (Å²) in [5.74, 6) is 0.509. The van der Waals surface area contributed by atoms with Crippen molar-refractivity contribution in [2.24, 2.45) is 0 Å². The Hall–Kier alpha value is -2.31. The molecule has 1 aliphatic rings. The molecule has 1 fully saturated rings. The number of benzene rings is 3. The first-order valence-corrected chi connectivity index (χ1v) is 11.4. The van der Waals surface area contributed by atoms with Crippen molar-refractivity contribution < 1.29 is 9.53 Å². The van der Waals surface area contributed by atoms with Gasteiger partial charge < -0.3 is 4.74 Å². The van der Waals surface area contributed by atoms with Crippen LogP contribution in [0.3, 0.4) is 0 Å². The summed E-state index contributed by atoms with van der Waals surface area (Å²) in [5.41, 5.74) is 3.41. The summed E-state index contributed by atoms with van der Waals surface area (Å²) in [6, 6.07) is 20.5. The molecule has 1 aliphatic heterocycles. The van der Waals surface area contributed by atoms with Crippen LogP contribution in [0, 0.1) is 6.92 Å². The topological polar surface area (TPSA) is 29.5 Å². The van der Waals surface area contributed by atoms with E-state index in [-0.39, 0.29) is 12.5 Å². The summed E-state index contributed by atoms with van der Waals surface area (Å²) in [5, 5.41) is 1.12. The number of anilines is 1. The molecule has 0 saturated carbocycles. The van der Waals surface area contributed by atoms with Gasteiger partial charge in [0.25, 0.3) is 5.91 Å². The molecular formula is C24H17Cl2NO2S2. The molecule has 1 amide bonds. The van der Waals surface area contributed by atoms with E-state index in [1.807, 2.05) is 67.6 Å². The standard InChI is InChI=1S/C24H17Cl2NO2S2/c1-15-6-2-4-8-20(15)27-23(28)22(31-24(27)30)12-16-7-3-5-9-21(16)29-14-17-10-11-18(25)13-19(17)26/h2-13H,14H2,1H3. The first-order chi connectivity index (χ1) is 14.9. The highest BCUT2D eigenvalue weighted by atomic mass is 35.5. The third-order valence-electron chi connectivity index (χ3n) is 4.75. The van der Waals surface area contributed by atoms with Gasteiger partial charge in [-0.15, -0.1) is 0 Å². The maximum Gasteiger partial charge on any atom is 0.270 e. The molecule has 0 radical (unpaired) electrons. The molecule has 31 heavy (non-hydrogen) atoms. The van der Waals surface area contributed by atoms with Crippen molar-refractivity contribution in [2.45, 2.75) is 13.5 Å². The number of thioether (sulfide) groups is 1. The van der Waals surface area contributed by atoms with E-state index in [1.54, 1.807) is 17.0 Å². The molecule has 156 valence electrons. The van der Waals surface area contributed by atoms with E-state index < -0.39 is 0 Å². The number of aryl methyl sites for hydroxylation is 1. The second kappa shape index (κ2) is 9.45. The number of hydrogen-bond donors (Lipinski definition) is 0. The van der Waals surface area contributed by atoms with E-state index in [2.05, 4.69) is 0 Å². The summed E-state index contributed by atoms with van der Waals surface area (Å²) < 4.78 is 6.52. The monoisotopic (exact) mass is 485 g/mol. The van der Waals surface area contributed by atoms with Crippen molar-refractivity contribution >= 4 is 69.2 Å². The van der Waals surface area contributed by atoms with Crippen LogP contribution in [-0.2, 0) is 11.4 Å². The van der Waals surface area contributed by atoms with Gasteiger partial charge in [0.15, 0.2) is 4.32 Å². The molecule has 3 aromatic rings. The summed E-state index contributed by atoms with van der Waals surface area (Å²) in [7, 11) is 0. The number of carbonyl (C=O) groups is 1. The lowest BCUT2D eigenvalue weighted by molar-refractivity contribution is -0.113. The zero-order valence-electron chi connectivity index (χ0n) is 16.5. The van der Waals surface area contributed by atoms with Crippen LogP contribution in [0.1, 0.15) is 16.7 Å². The Balaban J connectivity index is 1.59. The van der Waals surface area contributed by atoms with E-state index >= 15 is 0 Å². The second-order valence-corrected chi connectivity index (χ2v) is 9.39. The third-order valence-corrected chi connectivity index (χ3v) is 6.64. The molecule has 0 unspecified atom stereocenters. The quantitative estimate of drug-likeness (QED) is 0.280. The Bertz CT molecular complexity index is 1210. The van der Waals surface area contributed by atoms with Gasteiger partial charge in [-0.1, -0.05) is 89.6 Å². The summed E-state index contributed by atoms with van der Waals surface area (Å²) in [4.78, 5) is 15.3. The van der Waals surface area contributed by atoms with Crippen LogP contribution in [0.15, 0.2) is 71.6 Å². The Morgan fingerprint density at radius 1 is 1.06 bits per heavy atom. The van der Waals surface area contributed by atoms with Gasteiger partial charge in [0, 0.05) is 21.2 Å². The van der Waals surface area contributed by atoms with Crippen molar-refractivity contribution in [1.82, 2.24) is 0 Å². The van der Waals surface area contributed by atoms with Crippen molar-refractivity contribution in [2.75, 3.05) is 4.90 Å². The lowest BCUT2D eigenvalue weighted by Gasteiger charge is -2.16. The minimum atomic E-state index is -0.139. The smallest absolute Gasteiger partial charge is 0.270 e. The molecule has 3 nitrogen and oxygen atoms in total. The number of halogens is 2. The third kappa shape index (κ3) is 4.80.